The van der Waals surface area contributed by atoms with Gasteiger partial charge in [-0.2, -0.15) is 0 Å². The molecule has 0 saturated carbocycles. The summed E-state index contributed by atoms with van der Waals surface area (Å²) in [4.78, 5) is 73.1. The molecule has 0 saturated heterocycles. The Bertz CT molecular complexity index is 3430. The van der Waals surface area contributed by atoms with E-state index in [4.69, 9.17) is 41.3 Å². The third kappa shape index (κ3) is 22.2. The first-order valence-corrected chi connectivity index (χ1v) is 34.6. The topological polar surface area (TPSA) is 228 Å². The van der Waals surface area contributed by atoms with Crippen molar-refractivity contribution in [1.29, 1.82) is 0 Å². The van der Waals surface area contributed by atoms with E-state index in [1.165, 1.54) is 26.4 Å². The number of ether oxygens (including phenoxy) is 6. The van der Waals surface area contributed by atoms with Crippen molar-refractivity contribution in [2.75, 3.05) is 53.6 Å². The van der Waals surface area contributed by atoms with Crippen molar-refractivity contribution in [2.24, 2.45) is 10.2 Å². The van der Waals surface area contributed by atoms with E-state index in [-0.39, 0.29) is 98.2 Å². The van der Waals surface area contributed by atoms with Crippen molar-refractivity contribution >= 4 is 23.8 Å². The first kappa shape index (κ1) is 74.8. The van der Waals surface area contributed by atoms with Gasteiger partial charge >= 0.3 is 11.9 Å². The summed E-state index contributed by atoms with van der Waals surface area (Å²) in [5.41, 5.74) is 23.4. The minimum absolute atomic E-state index is 0.0000263. The second-order valence-electron chi connectivity index (χ2n) is 24.9. The Morgan fingerprint density at radius 2 is 0.928 bits per heavy atom. The molecule has 2 heterocycles. The van der Waals surface area contributed by atoms with Crippen molar-refractivity contribution in [2.45, 2.75) is 185 Å². The van der Waals surface area contributed by atoms with Gasteiger partial charge in [-0.15, -0.1) is 37.8 Å². The maximum absolute atomic E-state index is 16.5. The number of hydrogen-bond acceptors (Lipinski definition) is 12. The molecular formula is C79H96N8O10. The fourth-order valence-corrected chi connectivity index (χ4v) is 12.7. The maximum Gasteiger partial charge on any atom is 0.347 e. The van der Waals surface area contributed by atoms with Crippen LogP contribution in [0.25, 0.3) is 32.0 Å². The molecule has 0 radical (unpaired) electrons. The molecule has 2 amide bonds. The number of rotatable bonds is 38. The molecule has 5 aromatic carbocycles. The molecule has 1 spiro atoms. The number of methoxy groups -OCH3 is 2. The Labute approximate surface area is 573 Å². The third-order valence-corrected chi connectivity index (χ3v) is 18.0. The Balaban J connectivity index is 1.47. The number of azide groups is 2. The molecule has 97 heavy (non-hydrogen) atoms. The molecule has 18 heteroatoms. The van der Waals surface area contributed by atoms with Crippen LogP contribution in [0.1, 0.15) is 208 Å². The van der Waals surface area contributed by atoms with Crippen LogP contribution in [-0.2, 0) is 40.9 Å². The minimum Gasteiger partial charge on any atom is -0.497 e. The van der Waals surface area contributed by atoms with E-state index in [2.05, 4.69) is 81.4 Å². The number of allylic oxidation sites excluding steroid dienone is 2. The summed E-state index contributed by atoms with van der Waals surface area (Å²) in [5.74, 6) is 4.06. The van der Waals surface area contributed by atoms with Gasteiger partial charge in [0.15, 0.2) is 0 Å². The third-order valence-electron chi connectivity index (χ3n) is 18.0. The van der Waals surface area contributed by atoms with Gasteiger partial charge in [-0.05, 0) is 158 Å². The molecule has 0 unspecified atom stereocenters. The van der Waals surface area contributed by atoms with E-state index in [1.807, 2.05) is 22.0 Å². The van der Waals surface area contributed by atoms with Crippen LogP contribution < -0.4 is 28.4 Å². The molecule has 0 aromatic heterocycles. The van der Waals surface area contributed by atoms with Crippen LogP contribution >= 0.6 is 0 Å². The normalized spacial score (nSPS) is 13.4. The monoisotopic (exact) mass is 1320 g/mol. The summed E-state index contributed by atoms with van der Waals surface area (Å²) in [7, 11) is 3.02. The highest BCUT2D eigenvalue weighted by Gasteiger charge is 2.48. The zero-order valence-electron chi connectivity index (χ0n) is 57.0. The highest BCUT2D eigenvalue weighted by molar-refractivity contribution is 6.00. The molecule has 8 rings (SSSR count). The first-order chi connectivity index (χ1) is 47.4. The van der Waals surface area contributed by atoms with E-state index in [0.717, 1.165) is 123 Å². The van der Waals surface area contributed by atoms with Crippen LogP contribution in [0.3, 0.4) is 0 Å². The lowest BCUT2D eigenvalue weighted by atomic mass is 9.71. The van der Waals surface area contributed by atoms with E-state index in [0.29, 0.717) is 99.9 Å². The molecule has 0 fully saturated rings. The average Bonchev–Trinajstić information content (AvgIpc) is 1.57. The van der Waals surface area contributed by atoms with E-state index < -0.39 is 17.4 Å². The highest BCUT2D eigenvalue weighted by atomic mass is 16.5. The smallest absolute Gasteiger partial charge is 0.347 e. The molecule has 18 nitrogen and oxygen atoms in total. The number of carbonyl (C=O) groups excluding carboxylic acids is 4. The summed E-state index contributed by atoms with van der Waals surface area (Å²) in [6.07, 6.45) is 34.4. The number of aryl methyl sites for hydroxylation is 2. The van der Waals surface area contributed by atoms with Crippen LogP contribution in [-0.4, -0.2) is 87.2 Å². The van der Waals surface area contributed by atoms with Crippen LogP contribution in [0.15, 0.2) is 120 Å². The van der Waals surface area contributed by atoms with Crippen molar-refractivity contribution in [3.63, 3.8) is 0 Å². The average molecular weight is 1320 g/mol. The molecular weight excluding hydrogens is 1220 g/mol. The molecule has 3 aliphatic rings. The Hall–Kier alpha value is -9.60. The number of terminal acetylenes is 2. The van der Waals surface area contributed by atoms with E-state index in [1.54, 1.807) is 36.4 Å². The summed E-state index contributed by atoms with van der Waals surface area (Å²) in [5, 5.41) is 7.68. The summed E-state index contributed by atoms with van der Waals surface area (Å²) >= 11 is 0. The minimum atomic E-state index is -1.28. The zero-order valence-corrected chi connectivity index (χ0v) is 57.0. The summed E-state index contributed by atoms with van der Waals surface area (Å²) < 4.78 is 37.2. The Morgan fingerprint density at radius 3 is 1.31 bits per heavy atom. The van der Waals surface area contributed by atoms with Crippen molar-refractivity contribution in [3.8, 4) is 70.3 Å². The van der Waals surface area contributed by atoms with E-state index in [9.17, 15) is 11.1 Å². The van der Waals surface area contributed by atoms with Gasteiger partial charge in [0.2, 0.25) is 11.8 Å². The first-order valence-electron chi connectivity index (χ1n) is 34.6. The lowest BCUT2D eigenvalue weighted by Gasteiger charge is -2.36. The quantitative estimate of drug-likeness (QED) is 0.00530. The van der Waals surface area contributed by atoms with Crippen molar-refractivity contribution < 1.29 is 47.6 Å². The molecule has 0 atom stereocenters. The predicted octanol–water partition coefficient (Wildman–Crippen LogP) is 18.2. The summed E-state index contributed by atoms with van der Waals surface area (Å²) in [6, 6.07) is 25.7. The summed E-state index contributed by atoms with van der Waals surface area (Å²) in [6.45, 7) is 9.16. The van der Waals surface area contributed by atoms with Crippen LogP contribution in [0.5, 0.6) is 34.5 Å². The van der Waals surface area contributed by atoms with Gasteiger partial charge in [0.25, 0.3) is 0 Å². The van der Waals surface area contributed by atoms with Gasteiger partial charge in [0.1, 0.15) is 45.6 Å². The fraction of sp³-hybridized carbons (Fsp3) is 0.468. The van der Waals surface area contributed by atoms with Gasteiger partial charge in [0, 0.05) is 103 Å². The van der Waals surface area contributed by atoms with Crippen molar-refractivity contribution in [3.05, 3.63) is 176 Å². The number of esters is 2. The number of hydrogen-bond donors (Lipinski definition) is 0. The van der Waals surface area contributed by atoms with Crippen LogP contribution in [0.4, 0.5) is 0 Å². The molecule has 5 aromatic rings. The van der Waals surface area contributed by atoms with Crippen LogP contribution in [0, 0.1) is 24.7 Å². The van der Waals surface area contributed by atoms with Gasteiger partial charge < -0.3 is 38.2 Å². The largest absolute Gasteiger partial charge is 0.497 e. The number of amides is 2. The van der Waals surface area contributed by atoms with Gasteiger partial charge in [0.05, 0.1) is 27.4 Å². The maximum atomic E-state index is 16.5. The molecule has 0 N–H and O–H groups in total. The lowest BCUT2D eigenvalue weighted by molar-refractivity contribution is -0.135. The predicted molar refractivity (Wildman–Crippen MR) is 381 cm³/mol. The van der Waals surface area contributed by atoms with Crippen LogP contribution in [0.2, 0.25) is 0 Å². The second kappa shape index (κ2) is 40.7. The molecule has 1 aliphatic carbocycles. The molecule has 512 valence electrons. The van der Waals surface area contributed by atoms with Gasteiger partial charge in [-0.3, -0.25) is 9.59 Å². The van der Waals surface area contributed by atoms with Gasteiger partial charge in [-0.25, -0.2) is 9.59 Å². The number of fused-ring (bicyclic) bond motifs is 13. The zero-order chi connectivity index (χ0) is 69.0. The van der Waals surface area contributed by atoms with Gasteiger partial charge in [-0.1, -0.05) is 123 Å². The molecule has 2 bridgehead atoms. The Kier molecular flexibility index (Phi) is 31.4. The standard InChI is InChI=1S/C79H96N8O10/c1-7-11-15-17-19-21-23-25-27-45-86-57-61-37-39-63(92-5)51-71(61)96-77(90)67-53-74(95-48-30-14-10-4)68(54-73(67)94-47-29-13-9-3)78(91)97-72-52-64(93-6)40-38-62(72)58-87(46-28-26-24-22-20-18-16-12-8-2)76(89)56-79(55-75(86)88)69-49-59(33-31-43-82-84-80)35-41-65(69)66-42-36-60(50-70(66)79)34-32-44-83-85-81/h3-4,7-8,35-42,49-54H,1-2,11-34,43-48,55-58H2,5-6H3. The molecule has 2 aliphatic heterocycles. The van der Waals surface area contributed by atoms with E-state index >= 15 is 19.2 Å². The fourth-order valence-electron chi connectivity index (χ4n) is 12.7. The SMILES string of the molecule is C#CCCCOc1cc2c(OCCCC#C)cc1C(=O)Oc1cc(OC)ccc1CN(CCCCCCCCCC=C)C(=O)CC1(CC(=O)N(CCCCCCCCCC=C)Cc3ccc(OC)cc3OC2=O)c2cc(CCCN=[N+]=[N-])ccc2-c2ccc(CCCN=[N+]=[N-])cc21. The lowest BCUT2D eigenvalue weighted by Crippen LogP contribution is -2.42. The Morgan fingerprint density at radius 1 is 0.526 bits per heavy atom. The number of carbonyl (C=O) groups is 4. The number of benzene rings is 5. The number of unbranched alkanes of at least 4 members (excludes halogenated alkanes) is 16. The highest BCUT2D eigenvalue weighted by Crippen LogP contribution is 2.54. The van der Waals surface area contributed by atoms with Crippen molar-refractivity contribution in [1.82, 2.24) is 9.80 Å². The second-order valence-corrected chi connectivity index (χ2v) is 24.9. The number of nitrogens with zero attached hydrogens (tertiary/aromatic N) is 8.